The Balaban J connectivity index is 1.70. The molecular formula is C26H30Cl4N4O2. The Kier molecular flexibility index (Phi) is 10.7. The highest BCUT2D eigenvalue weighted by atomic mass is 35.5. The molecule has 36 heavy (non-hydrogen) atoms. The van der Waals surface area contributed by atoms with Crippen molar-refractivity contribution in [3.8, 4) is 0 Å². The topological polar surface area (TPSA) is 73.8 Å². The van der Waals surface area contributed by atoms with E-state index in [1.54, 1.807) is 18.2 Å². The minimum absolute atomic E-state index is 0.00185. The van der Waals surface area contributed by atoms with E-state index in [-0.39, 0.29) is 34.2 Å². The molecule has 2 aromatic rings. The van der Waals surface area contributed by atoms with Crippen molar-refractivity contribution in [1.29, 1.82) is 0 Å². The maximum Gasteiger partial charge on any atom is 0.253 e. The molecule has 0 aliphatic carbocycles. The van der Waals surface area contributed by atoms with Crippen LogP contribution < -0.4 is 15.8 Å². The van der Waals surface area contributed by atoms with Gasteiger partial charge in [-0.25, -0.2) is 10.0 Å². The van der Waals surface area contributed by atoms with Gasteiger partial charge in [0.2, 0.25) is 5.91 Å². The molecule has 0 spiro atoms. The first kappa shape index (κ1) is 28.6. The van der Waals surface area contributed by atoms with Crippen LogP contribution in [0.2, 0.25) is 20.1 Å². The smallest absolute Gasteiger partial charge is 0.253 e. The molecular weight excluding hydrogens is 542 g/mol. The van der Waals surface area contributed by atoms with E-state index in [0.717, 1.165) is 25.7 Å². The Hall–Kier alpha value is -1.99. The summed E-state index contributed by atoms with van der Waals surface area (Å²) in [5, 5.41) is 5.44. The summed E-state index contributed by atoms with van der Waals surface area (Å²) in [4.78, 5) is 30.0. The van der Waals surface area contributed by atoms with E-state index in [4.69, 9.17) is 46.4 Å². The Labute approximate surface area is 232 Å². The number of anilines is 2. The lowest BCUT2D eigenvalue weighted by atomic mass is 9.97. The van der Waals surface area contributed by atoms with Crippen molar-refractivity contribution in [3.05, 3.63) is 50.4 Å². The number of hydrogen-bond donors (Lipinski definition) is 2. The molecule has 1 aliphatic heterocycles. The Bertz CT molecular complexity index is 1120. The zero-order valence-electron chi connectivity index (χ0n) is 20.3. The Morgan fingerprint density at radius 1 is 1.03 bits per heavy atom. The minimum Gasteiger partial charge on any atom is -0.326 e. The van der Waals surface area contributed by atoms with Gasteiger partial charge in [-0.2, -0.15) is 0 Å². The number of amides is 2. The number of nitrogens with zero attached hydrogens (tertiary/aromatic N) is 2. The number of unbranched alkanes of at least 4 members (excludes halogenated alkanes) is 4. The minimum atomic E-state index is -0.287. The van der Waals surface area contributed by atoms with E-state index in [0.29, 0.717) is 32.9 Å². The molecule has 1 unspecified atom stereocenters. The number of hydrazine groups is 1. The van der Waals surface area contributed by atoms with Gasteiger partial charge in [-0.05, 0) is 43.2 Å². The SMILES string of the molecule is CCCCCCCC(CC)C(=O)Nc1ccc(Cl)c(N=C2CC(=O)N(c3c(Cl)cc(Cl)cc3Cl)N2)c1. The van der Waals surface area contributed by atoms with Crippen LogP contribution in [0, 0.1) is 5.92 Å². The van der Waals surface area contributed by atoms with Crippen LogP contribution in [0.1, 0.15) is 65.2 Å². The van der Waals surface area contributed by atoms with Crippen LogP contribution in [-0.2, 0) is 9.59 Å². The zero-order valence-corrected chi connectivity index (χ0v) is 23.4. The first-order valence-corrected chi connectivity index (χ1v) is 13.7. The van der Waals surface area contributed by atoms with Crippen LogP contribution in [0.3, 0.4) is 0 Å². The number of carbonyl (C=O) groups excluding carboxylic acids is 2. The third-order valence-corrected chi connectivity index (χ3v) is 7.12. The monoisotopic (exact) mass is 570 g/mol. The molecule has 3 rings (SSSR count). The molecule has 10 heteroatoms. The Morgan fingerprint density at radius 3 is 2.39 bits per heavy atom. The van der Waals surface area contributed by atoms with Gasteiger partial charge in [-0.1, -0.05) is 92.4 Å². The van der Waals surface area contributed by atoms with E-state index < -0.39 is 0 Å². The molecule has 1 saturated heterocycles. The van der Waals surface area contributed by atoms with E-state index in [1.165, 1.54) is 36.4 Å². The van der Waals surface area contributed by atoms with Gasteiger partial charge < -0.3 is 5.32 Å². The average molecular weight is 572 g/mol. The molecule has 1 heterocycles. The third-order valence-electron chi connectivity index (χ3n) is 6.00. The second-order valence-electron chi connectivity index (χ2n) is 8.76. The zero-order chi connectivity index (χ0) is 26.2. The molecule has 0 saturated carbocycles. The average Bonchev–Trinajstić information content (AvgIpc) is 3.17. The van der Waals surface area contributed by atoms with Crippen LogP contribution in [0.25, 0.3) is 0 Å². The number of benzene rings is 2. The summed E-state index contributed by atoms with van der Waals surface area (Å²) in [7, 11) is 0. The van der Waals surface area contributed by atoms with E-state index in [9.17, 15) is 9.59 Å². The van der Waals surface area contributed by atoms with Crippen LogP contribution in [0.15, 0.2) is 35.3 Å². The fourth-order valence-corrected chi connectivity index (χ4v) is 5.17. The highest BCUT2D eigenvalue weighted by Gasteiger charge is 2.30. The van der Waals surface area contributed by atoms with Crippen molar-refractivity contribution >= 4 is 81.1 Å². The highest BCUT2D eigenvalue weighted by Crippen LogP contribution is 2.37. The molecule has 1 atom stereocenters. The summed E-state index contributed by atoms with van der Waals surface area (Å²) in [6.45, 7) is 4.22. The fraction of sp³-hybridized carbons (Fsp3) is 0.423. The number of halogens is 4. The summed E-state index contributed by atoms with van der Waals surface area (Å²) in [6.07, 6.45) is 7.48. The van der Waals surface area contributed by atoms with Gasteiger partial charge in [0.1, 0.15) is 11.5 Å². The molecule has 0 bridgehead atoms. The lowest BCUT2D eigenvalue weighted by Crippen LogP contribution is -2.36. The molecule has 0 radical (unpaired) electrons. The highest BCUT2D eigenvalue weighted by molar-refractivity contribution is 6.42. The van der Waals surface area contributed by atoms with Gasteiger partial charge in [0, 0.05) is 16.6 Å². The van der Waals surface area contributed by atoms with E-state index >= 15 is 0 Å². The second-order valence-corrected chi connectivity index (χ2v) is 10.4. The molecule has 0 aromatic heterocycles. The maximum atomic E-state index is 12.9. The van der Waals surface area contributed by atoms with Gasteiger partial charge in [-0.15, -0.1) is 0 Å². The third kappa shape index (κ3) is 7.51. The predicted molar refractivity (Wildman–Crippen MR) is 151 cm³/mol. The van der Waals surface area contributed by atoms with Crippen molar-refractivity contribution in [2.75, 3.05) is 10.3 Å². The van der Waals surface area contributed by atoms with Crippen LogP contribution in [0.4, 0.5) is 17.1 Å². The first-order valence-electron chi connectivity index (χ1n) is 12.2. The predicted octanol–water partition coefficient (Wildman–Crippen LogP) is 8.60. The lowest BCUT2D eigenvalue weighted by Gasteiger charge is -2.19. The summed E-state index contributed by atoms with van der Waals surface area (Å²) >= 11 is 24.9. The number of rotatable bonds is 11. The van der Waals surface area contributed by atoms with Gasteiger partial charge in [0.15, 0.2) is 0 Å². The number of amidine groups is 1. The summed E-state index contributed by atoms with van der Waals surface area (Å²) in [5.74, 6) is 0.0195. The molecule has 2 aromatic carbocycles. The standard InChI is InChI=1S/C26H30Cl4N4O2/c1-3-5-6-7-8-9-16(4-2)26(36)31-18-10-11-19(28)22(14-18)32-23-15-24(35)34(33-23)25-20(29)12-17(27)13-21(25)30/h10-14,16H,3-9,15H2,1-2H3,(H,31,36)(H,32,33). The molecule has 2 N–H and O–H groups in total. The van der Waals surface area contributed by atoms with Crippen molar-refractivity contribution in [2.24, 2.45) is 10.9 Å². The largest absolute Gasteiger partial charge is 0.326 e. The molecule has 194 valence electrons. The molecule has 1 aliphatic rings. The maximum absolute atomic E-state index is 12.9. The molecule has 2 amide bonds. The molecule has 1 fully saturated rings. The van der Waals surface area contributed by atoms with Crippen molar-refractivity contribution < 1.29 is 9.59 Å². The van der Waals surface area contributed by atoms with Gasteiger partial charge >= 0.3 is 0 Å². The van der Waals surface area contributed by atoms with Crippen molar-refractivity contribution in [2.45, 2.75) is 65.2 Å². The van der Waals surface area contributed by atoms with Crippen molar-refractivity contribution in [1.82, 2.24) is 5.43 Å². The summed E-state index contributed by atoms with van der Waals surface area (Å²) in [6, 6.07) is 8.12. The van der Waals surface area contributed by atoms with E-state index in [1.807, 2.05) is 6.92 Å². The van der Waals surface area contributed by atoms with Crippen molar-refractivity contribution in [3.63, 3.8) is 0 Å². The van der Waals surface area contributed by atoms with Crippen LogP contribution in [-0.4, -0.2) is 17.6 Å². The Morgan fingerprint density at radius 2 is 1.72 bits per heavy atom. The summed E-state index contributed by atoms with van der Waals surface area (Å²) in [5.41, 5.74) is 4.25. The van der Waals surface area contributed by atoms with Gasteiger partial charge in [0.05, 0.1) is 27.2 Å². The lowest BCUT2D eigenvalue weighted by molar-refractivity contribution is -0.120. The molecule has 6 nitrogen and oxygen atoms in total. The number of hydrogen-bond acceptors (Lipinski definition) is 3. The normalized spacial score (nSPS) is 15.3. The van der Waals surface area contributed by atoms with Crippen LogP contribution >= 0.6 is 46.4 Å². The number of carbonyl (C=O) groups is 2. The van der Waals surface area contributed by atoms with Gasteiger partial charge in [0.25, 0.3) is 5.91 Å². The second kappa shape index (κ2) is 13.5. The van der Waals surface area contributed by atoms with Gasteiger partial charge in [-0.3, -0.25) is 15.0 Å². The number of nitrogens with one attached hydrogen (secondary N) is 2. The summed E-state index contributed by atoms with van der Waals surface area (Å²) < 4.78 is 0. The number of aliphatic imine (C=N–C) groups is 1. The van der Waals surface area contributed by atoms with E-state index in [2.05, 4.69) is 22.7 Å². The quantitative estimate of drug-likeness (QED) is 0.265. The van der Waals surface area contributed by atoms with Crippen LogP contribution in [0.5, 0.6) is 0 Å². The first-order chi connectivity index (χ1) is 17.2. The fourth-order valence-electron chi connectivity index (χ4n) is 4.03.